The highest BCUT2D eigenvalue weighted by Crippen LogP contribution is 2.37. The summed E-state index contributed by atoms with van der Waals surface area (Å²) in [6.07, 6.45) is 3.69. The SMILES string of the molecule is CC(CC(=O)Nc1ccccc1)NC1CCCC1(C)CO. The van der Waals surface area contributed by atoms with E-state index in [0.717, 1.165) is 24.9 Å². The number of rotatable bonds is 6. The van der Waals surface area contributed by atoms with E-state index in [9.17, 15) is 9.90 Å². The smallest absolute Gasteiger partial charge is 0.225 e. The Kier molecular flexibility index (Phi) is 5.37. The van der Waals surface area contributed by atoms with Crippen molar-refractivity contribution in [2.45, 2.75) is 51.6 Å². The largest absolute Gasteiger partial charge is 0.396 e. The number of nitrogens with one attached hydrogen (secondary N) is 2. The number of amides is 1. The number of hydrogen-bond acceptors (Lipinski definition) is 3. The van der Waals surface area contributed by atoms with Crippen LogP contribution in [0.4, 0.5) is 5.69 Å². The van der Waals surface area contributed by atoms with Gasteiger partial charge in [-0.3, -0.25) is 4.79 Å². The maximum atomic E-state index is 12.0. The average molecular weight is 290 g/mol. The van der Waals surface area contributed by atoms with Gasteiger partial charge >= 0.3 is 0 Å². The average Bonchev–Trinajstić information content (AvgIpc) is 2.81. The molecule has 21 heavy (non-hydrogen) atoms. The summed E-state index contributed by atoms with van der Waals surface area (Å²) in [5, 5.41) is 16.0. The molecule has 3 atom stereocenters. The first kappa shape index (κ1) is 16.0. The molecule has 2 rings (SSSR count). The van der Waals surface area contributed by atoms with Gasteiger partial charge in [-0.15, -0.1) is 0 Å². The van der Waals surface area contributed by atoms with Crippen LogP contribution in [0.2, 0.25) is 0 Å². The predicted molar refractivity (Wildman–Crippen MR) is 85.1 cm³/mol. The van der Waals surface area contributed by atoms with Gasteiger partial charge in [0.05, 0.1) is 0 Å². The standard InChI is InChI=1S/C17H26N2O2/c1-13(18-15-9-6-10-17(15,2)12-20)11-16(21)19-14-7-4-3-5-8-14/h3-5,7-8,13,15,18,20H,6,9-12H2,1-2H3,(H,19,21). The molecule has 1 saturated carbocycles. The van der Waals surface area contributed by atoms with Crippen molar-refractivity contribution in [2.24, 2.45) is 5.41 Å². The van der Waals surface area contributed by atoms with Gasteiger partial charge in [-0.2, -0.15) is 0 Å². The first-order valence-corrected chi connectivity index (χ1v) is 7.75. The lowest BCUT2D eigenvalue weighted by atomic mass is 9.85. The Morgan fingerprint density at radius 3 is 2.81 bits per heavy atom. The fraction of sp³-hybridized carbons (Fsp3) is 0.588. The van der Waals surface area contributed by atoms with E-state index in [1.54, 1.807) is 0 Å². The number of benzene rings is 1. The van der Waals surface area contributed by atoms with Gasteiger partial charge in [0.2, 0.25) is 5.91 Å². The third kappa shape index (κ3) is 4.29. The van der Waals surface area contributed by atoms with Gasteiger partial charge in [0.1, 0.15) is 0 Å². The molecule has 0 heterocycles. The van der Waals surface area contributed by atoms with Crippen molar-refractivity contribution in [3.63, 3.8) is 0 Å². The molecule has 3 N–H and O–H groups in total. The summed E-state index contributed by atoms with van der Waals surface area (Å²) in [4.78, 5) is 12.0. The molecule has 0 bridgehead atoms. The van der Waals surface area contributed by atoms with Crippen LogP contribution in [0.25, 0.3) is 0 Å². The maximum absolute atomic E-state index is 12.0. The minimum absolute atomic E-state index is 0.0184. The molecule has 1 aromatic carbocycles. The molecule has 4 heteroatoms. The zero-order chi connectivity index (χ0) is 15.3. The number of para-hydroxylation sites is 1. The van der Waals surface area contributed by atoms with Crippen molar-refractivity contribution in [1.29, 1.82) is 0 Å². The van der Waals surface area contributed by atoms with E-state index in [0.29, 0.717) is 12.5 Å². The molecule has 1 aromatic rings. The highest BCUT2D eigenvalue weighted by Gasteiger charge is 2.38. The first-order valence-electron chi connectivity index (χ1n) is 7.75. The molecule has 0 spiro atoms. The van der Waals surface area contributed by atoms with Crippen molar-refractivity contribution < 1.29 is 9.90 Å². The summed E-state index contributed by atoms with van der Waals surface area (Å²) in [5.41, 5.74) is 0.778. The van der Waals surface area contributed by atoms with Gasteiger partial charge < -0.3 is 15.7 Å². The van der Waals surface area contributed by atoms with E-state index in [4.69, 9.17) is 0 Å². The quantitative estimate of drug-likeness (QED) is 0.754. The lowest BCUT2D eigenvalue weighted by Crippen LogP contribution is -2.46. The Balaban J connectivity index is 1.81. The van der Waals surface area contributed by atoms with Gasteiger partial charge in [0.15, 0.2) is 0 Å². The van der Waals surface area contributed by atoms with Crippen LogP contribution >= 0.6 is 0 Å². The Labute approximate surface area is 126 Å². The van der Waals surface area contributed by atoms with Crippen LogP contribution in [0.3, 0.4) is 0 Å². The molecule has 0 radical (unpaired) electrons. The molecule has 1 aliphatic carbocycles. The minimum Gasteiger partial charge on any atom is -0.396 e. The highest BCUT2D eigenvalue weighted by molar-refractivity contribution is 5.90. The Hall–Kier alpha value is -1.39. The number of aliphatic hydroxyl groups excluding tert-OH is 1. The zero-order valence-electron chi connectivity index (χ0n) is 12.9. The van der Waals surface area contributed by atoms with Crippen LogP contribution in [0.1, 0.15) is 39.5 Å². The van der Waals surface area contributed by atoms with Crippen LogP contribution in [0.15, 0.2) is 30.3 Å². The number of aliphatic hydroxyl groups is 1. The molecular formula is C17H26N2O2. The Morgan fingerprint density at radius 2 is 2.14 bits per heavy atom. The second-order valence-corrected chi connectivity index (χ2v) is 6.44. The monoisotopic (exact) mass is 290 g/mol. The van der Waals surface area contributed by atoms with Crippen molar-refractivity contribution in [3.8, 4) is 0 Å². The Morgan fingerprint density at radius 1 is 1.43 bits per heavy atom. The molecule has 0 aromatic heterocycles. The van der Waals surface area contributed by atoms with E-state index >= 15 is 0 Å². The predicted octanol–water partition coefficient (Wildman–Crippen LogP) is 2.54. The third-order valence-corrected chi connectivity index (χ3v) is 4.48. The summed E-state index contributed by atoms with van der Waals surface area (Å²) in [7, 11) is 0. The van der Waals surface area contributed by atoms with E-state index in [-0.39, 0.29) is 24.0 Å². The topological polar surface area (TPSA) is 61.4 Å². The second-order valence-electron chi connectivity index (χ2n) is 6.44. The molecule has 1 amide bonds. The lowest BCUT2D eigenvalue weighted by Gasteiger charge is -2.32. The van der Waals surface area contributed by atoms with Crippen molar-refractivity contribution in [1.82, 2.24) is 5.32 Å². The summed E-state index contributed by atoms with van der Waals surface area (Å²) in [6, 6.07) is 9.90. The van der Waals surface area contributed by atoms with Crippen LogP contribution in [-0.2, 0) is 4.79 Å². The maximum Gasteiger partial charge on any atom is 0.225 e. The molecule has 116 valence electrons. The van der Waals surface area contributed by atoms with Gasteiger partial charge in [-0.25, -0.2) is 0 Å². The molecule has 3 unspecified atom stereocenters. The minimum atomic E-state index is -0.0514. The summed E-state index contributed by atoms with van der Waals surface area (Å²) < 4.78 is 0. The fourth-order valence-electron chi connectivity index (χ4n) is 3.12. The van der Waals surface area contributed by atoms with E-state index < -0.39 is 0 Å². The molecule has 0 aliphatic heterocycles. The fourth-order valence-corrected chi connectivity index (χ4v) is 3.12. The zero-order valence-corrected chi connectivity index (χ0v) is 12.9. The normalized spacial score (nSPS) is 26.5. The lowest BCUT2D eigenvalue weighted by molar-refractivity contribution is -0.116. The second kappa shape index (κ2) is 7.05. The van der Waals surface area contributed by atoms with Gasteiger partial charge in [0, 0.05) is 36.2 Å². The van der Waals surface area contributed by atoms with E-state index in [1.165, 1.54) is 0 Å². The van der Waals surface area contributed by atoms with Crippen LogP contribution < -0.4 is 10.6 Å². The van der Waals surface area contributed by atoms with Gasteiger partial charge in [0.25, 0.3) is 0 Å². The van der Waals surface area contributed by atoms with Crippen molar-refractivity contribution >= 4 is 11.6 Å². The highest BCUT2D eigenvalue weighted by atomic mass is 16.3. The summed E-state index contributed by atoms with van der Waals surface area (Å²) in [6.45, 7) is 4.35. The first-order chi connectivity index (χ1) is 10.0. The number of hydrogen-bond donors (Lipinski definition) is 3. The molecule has 1 fully saturated rings. The van der Waals surface area contributed by atoms with Crippen LogP contribution in [0, 0.1) is 5.41 Å². The molecule has 1 aliphatic rings. The molecule has 4 nitrogen and oxygen atoms in total. The third-order valence-electron chi connectivity index (χ3n) is 4.48. The molecule has 0 saturated heterocycles. The summed E-state index contributed by atoms with van der Waals surface area (Å²) >= 11 is 0. The Bertz CT molecular complexity index is 463. The van der Waals surface area contributed by atoms with Crippen LogP contribution in [-0.4, -0.2) is 29.7 Å². The van der Waals surface area contributed by atoms with Crippen molar-refractivity contribution in [2.75, 3.05) is 11.9 Å². The number of carbonyl (C=O) groups is 1. The van der Waals surface area contributed by atoms with Crippen LogP contribution in [0.5, 0.6) is 0 Å². The number of anilines is 1. The van der Waals surface area contributed by atoms with Gasteiger partial charge in [-0.1, -0.05) is 31.5 Å². The number of carbonyl (C=O) groups excluding carboxylic acids is 1. The molecular weight excluding hydrogens is 264 g/mol. The van der Waals surface area contributed by atoms with E-state index in [1.807, 2.05) is 37.3 Å². The van der Waals surface area contributed by atoms with Gasteiger partial charge in [-0.05, 0) is 31.9 Å². The van der Waals surface area contributed by atoms with Crippen molar-refractivity contribution in [3.05, 3.63) is 30.3 Å². The van der Waals surface area contributed by atoms with E-state index in [2.05, 4.69) is 17.6 Å². The summed E-state index contributed by atoms with van der Waals surface area (Å²) in [5.74, 6) is 0.0184.